The summed E-state index contributed by atoms with van der Waals surface area (Å²) in [5.74, 6) is 0.754. The molecule has 0 aromatic heterocycles. The molecule has 0 aliphatic heterocycles. The van der Waals surface area contributed by atoms with E-state index in [0.29, 0.717) is 18.8 Å². The van der Waals surface area contributed by atoms with Gasteiger partial charge < -0.3 is 4.74 Å². The maximum Gasteiger partial charge on any atom is 0.162 e. The molecule has 1 aromatic carbocycles. The fourth-order valence-electron chi connectivity index (χ4n) is 1.33. The molecule has 0 amide bonds. The van der Waals surface area contributed by atoms with Gasteiger partial charge in [-0.15, -0.1) is 0 Å². The van der Waals surface area contributed by atoms with Crippen molar-refractivity contribution in [1.82, 2.24) is 0 Å². The molecule has 80 valence electrons. The first-order chi connectivity index (χ1) is 7.19. The Balaban J connectivity index is 2.92. The zero-order valence-electron chi connectivity index (χ0n) is 9.25. The zero-order chi connectivity index (χ0) is 11.3. The monoisotopic (exact) mass is 204 g/mol. The smallest absolute Gasteiger partial charge is 0.162 e. The van der Waals surface area contributed by atoms with Crippen LogP contribution < -0.4 is 0 Å². The van der Waals surface area contributed by atoms with Gasteiger partial charge in [0.2, 0.25) is 0 Å². The zero-order valence-corrected chi connectivity index (χ0v) is 9.25. The molecule has 15 heavy (non-hydrogen) atoms. The summed E-state index contributed by atoms with van der Waals surface area (Å²) in [5, 5.41) is 0. The lowest BCUT2D eigenvalue weighted by Gasteiger charge is -2.07. The van der Waals surface area contributed by atoms with Crippen LogP contribution in [0.3, 0.4) is 0 Å². The van der Waals surface area contributed by atoms with Gasteiger partial charge in [-0.1, -0.05) is 31.7 Å². The van der Waals surface area contributed by atoms with Crippen LogP contribution in [0.1, 0.15) is 36.2 Å². The van der Waals surface area contributed by atoms with E-state index >= 15 is 0 Å². The van der Waals surface area contributed by atoms with Gasteiger partial charge in [-0.25, -0.2) is 0 Å². The van der Waals surface area contributed by atoms with E-state index in [0.717, 1.165) is 11.1 Å². The SMILES string of the molecule is C=C(OCC)c1cccc(C(=O)CC)c1. The van der Waals surface area contributed by atoms with Crippen LogP contribution in [0.25, 0.3) is 5.76 Å². The Bertz CT molecular complexity index is 367. The minimum absolute atomic E-state index is 0.140. The molecule has 0 spiro atoms. The molecule has 2 nitrogen and oxygen atoms in total. The van der Waals surface area contributed by atoms with Gasteiger partial charge >= 0.3 is 0 Å². The fourth-order valence-corrected chi connectivity index (χ4v) is 1.33. The second-order valence-electron chi connectivity index (χ2n) is 3.21. The van der Waals surface area contributed by atoms with E-state index in [9.17, 15) is 4.79 Å². The first-order valence-corrected chi connectivity index (χ1v) is 5.14. The maximum absolute atomic E-state index is 11.5. The molecule has 1 aromatic rings. The highest BCUT2D eigenvalue weighted by Crippen LogP contribution is 2.16. The van der Waals surface area contributed by atoms with Crippen LogP contribution in [0.5, 0.6) is 0 Å². The topological polar surface area (TPSA) is 26.3 Å². The van der Waals surface area contributed by atoms with Gasteiger partial charge in [0.15, 0.2) is 5.78 Å². The first-order valence-electron chi connectivity index (χ1n) is 5.14. The van der Waals surface area contributed by atoms with E-state index in [4.69, 9.17) is 4.74 Å². The van der Waals surface area contributed by atoms with Crippen molar-refractivity contribution >= 4 is 11.5 Å². The van der Waals surface area contributed by atoms with Crippen molar-refractivity contribution in [2.24, 2.45) is 0 Å². The summed E-state index contributed by atoms with van der Waals surface area (Å²) in [4.78, 5) is 11.5. The third-order valence-corrected chi connectivity index (χ3v) is 2.15. The lowest BCUT2D eigenvalue weighted by atomic mass is 10.1. The quantitative estimate of drug-likeness (QED) is 0.543. The molecule has 0 saturated carbocycles. The molecular weight excluding hydrogens is 188 g/mol. The summed E-state index contributed by atoms with van der Waals surface area (Å²) in [7, 11) is 0. The highest BCUT2D eigenvalue weighted by Gasteiger charge is 2.05. The van der Waals surface area contributed by atoms with Crippen molar-refractivity contribution in [3.63, 3.8) is 0 Å². The van der Waals surface area contributed by atoms with Crippen LogP contribution in [0, 0.1) is 0 Å². The molecule has 0 aliphatic carbocycles. The Hall–Kier alpha value is -1.57. The third kappa shape index (κ3) is 2.94. The van der Waals surface area contributed by atoms with Gasteiger partial charge in [0.1, 0.15) is 5.76 Å². The largest absolute Gasteiger partial charge is 0.494 e. The van der Waals surface area contributed by atoms with Crippen LogP contribution in [0.2, 0.25) is 0 Å². The van der Waals surface area contributed by atoms with Crippen LogP contribution >= 0.6 is 0 Å². The van der Waals surface area contributed by atoms with Gasteiger partial charge in [0.05, 0.1) is 6.61 Å². The number of hydrogen-bond donors (Lipinski definition) is 0. The Labute approximate surface area is 90.6 Å². The normalized spacial score (nSPS) is 9.73. The summed E-state index contributed by atoms with van der Waals surface area (Å²) in [6.45, 7) is 8.16. The summed E-state index contributed by atoms with van der Waals surface area (Å²) in [5.41, 5.74) is 1.59. The minimum Gasteiger partial charge on any atom is -0.494 e. The second kappa shape index (κ2) is 5.35. The van der Waals surface area contributed by atoms with Gasteiger partial charge in [-0.05, 0) is 13.0 Å². The average Bonchev–Trinajstić information content (AvgIpc) is 2.28. The molecule has 0 N–H and O–H groups in total. The van der Waals surface area contributed by atoms with Crippen LogP contribution in [0.4, 0.5) is 0 Å². The van der Waals surface area contributed by atoms with Crippen LogP contribution in [0.15, 0.2) is 30.8 Å². The molecule has 0 bridgehead atoms. The van der Waals surface area contributed by atoms with E-state index in [1.807, 2.05) is 38.1 Å². The summed E-state index contributed by atoms with van der Waals surface area (Å²) in [6, 6.07) is 7.38. The Morgan fingerprint density at radius 1 is 1.33 bits per heavy atom. The van der Waals surface area contributed by atoms with Crippen molar-refractivity contribution in [2.75, 3.05) is 6.61 Å². The summed E-state index contributed by atoms with van der Waals surface area (Å²) in [6.07, 6.45) is 0.518. The maximum atomic E-state index is 11.5. The van der Waals surface area contributed by atoms with E-state index in [1.165, 1.54) is 0 Å². The highest BCUT2D eigenvalue weighted by atomic mass is 16.5. The number of benzene rings is 1. The van der Waals surface area contributed by atoms with Crippen molar-refractivity contribution < 1.29 is 9.53 Å². The first kappa shape index (κ1) is 11.5. The Kier molecular flexibility index (Phi) is 4.10. The van der Waals surface area contributed by atoms with E-state index in [-0.39, 0.29) is 5.78 Å². The number of ether oxygens (including phenoxy) is 1. The highest BCUT2D eigenvalue weighted by molar-refractivity contribution is 5.96. The van der Waals surface area contributed by atoms with Crippen molar-refractivity contribution in [3.8, 4) is 0 Å². The van der Waals surface area contributed by atoms with E-state index < -0.39 is 0 Å². The number of carbonyl (C=O) groups is 1. The number of carbonyl (C=O) groups excluding carboxylic acids is 1. The van der Waals surface area contributed by atoms with Crippen molar-refractivity contribution in [2.45, 2.75) is 20.3 Å². The minimum atomic E-state index is 0.140. The molecule has 0 heterocycles. The number of Topliss-reactive ketones (excluding diaryl/α,β-unsaturated/α-hetero) is 1. The fraction of sp³-hybridized carbons (Fsp3) is 0.308. The van der Waals surface area contributed by atoms with Crippen LogP contribution in [-0.4, -0.2) is 12.4 Å². The van der Waals surface area contributed by atoms with Crippen LogP contribution in [-0.2, 0) is 4.74 Å². The third-order valence-electron chi connectivity index (χ3n) is 2.15. The molecule has 0 atom stereocenters. The van der Waals surface area contributed by atoms with Gasteiger partial charge in [0.25, 0.3) is 0 Å². The number of ketones is 1. The lowest BCUT2D eigenvalue weighted by molar-refractivity contribution is 0.0988. The second-order valence-corrected chi connectivity index (χ2v) is 3.21. The molecule has 0 saturated heterocycles. The standard InChI is InChI=1S/C13H16O2/c1-4-13(14)12-8-6-7-11(9-12)10(3)15-5-2/h6-9H,3-5H2,1-2H3. The van der Waals surface area contributed by atoms with E-state index in [2.05, 4.69) is 6.58 Å². The summed E-state index contributed by atoms with van der Waals surface area (Å²) >= 11 is 0. The van der Waals surface area contributed by atoms with Gasteiger partial charge in [0, 0.05) is 17.5 Å². The Morgan fingerprint density at radius 2 is 2.00 bits per heavy atom. The molecule has 0 fully saturated rings. The Morgan fingerprint density at radius 3 is 2.60 bits per heavy atom. The van der Waals surface area contributed by atoms with Crippen molar-refractivity contribution in [3.05, 3.63) is 42.0 Å². The predicted octanol–water partition coefficient (Wildman–Crippen LogP) is 3.29. The lowest BCUT2D eigenvalue weighted by Crippen LogP contribution is -1.98. The van der Waals surface area contributed by atoms with E-state index in [1.54, 1.807) is 0 Å². The number of hydrogen-bond acceptors (Lipinski definition) is 2. The van der Waals surface area contributed by atoms with Gasteiger partial charge in [-0.2, -0.15) is 0 Å². The molecule has 0 unspecified atom stereocenters. The molecule has 2 heteroatoms. The predicted molar refractivity (Wildman–Crippen MR) is 61.7 cm³/mol. The number of rotatable bonds is 5. The average molecular weight is 204 g/mol. The van der Waals surface area contributed by atoms with Gasteiger partial charge in [-0.3, -0.25) is 4.79 Å². The molecule has 0 aliphatic rings. The molecule has 0 radical (unpaired) electrons. The molecular formula is C13H16O2. The molecule has 1 rings (SSSR count). The summed E-state index contributed by atoms with van der Waals surface area (Å²) < 4.78 is 5.29. The van der Waals surface area contributed by atoms with Crippen molar-refractivity contribution in [1.29, 1.82) is 0 Å².